The number of aromatic nitrogens is 1. The molecule has 0 fully saturated rings. The molecule has 0 N–H and O–H groups in total. The van der Waals surface area contributed by atoms with Crippen LogP contribution in [-0.2, 0) is 11.3 Å². The zero-order valence-corrected chi connectivity index (χ0v) is 17.2. The van der Waals surface area contributed by atoms with Crippen molar-refractivity contribution in [1.82, 2.24) is 4.57 Å². The van der Waals surface area contributed by atoms with Crippen molar-refractivity contribution in [1.29, 1.82) is 0 Å². The van der Waals surface area contributed by atoms with Crippen LogP contribution < -0.4 is 10.2 Å². The second-order valence-corrected chi connectivity index (χ2v) is 7.96. The highest BCUT2D eigenvalue weighted by Gasteiger charge is 2.15. The van der Waals surface area contributed by atoms with E-state index in [1.807, 2.05) is 22.8 Å². The molecule has 0 aliphatic rings. The van der Waals surface area contributed by atoms with Crippen LogP contribution in [0.15, 0.2) is 67.4 Å². The minimum Gasteiger partial charge on any atom is -0.463 e. The van der Waals surface area contributed by atoms with Gasteiger partial charge < -0.3 is 13.7 Å². The lowest BCUT2D eigenvalue weighted by Crippen LogP contribution is -2.21. The summed E-state index contributed by atoms with van der Waals surface area (Å²) in [5, 5.41) is 0.357. The third-order valence-corrected chi connectivity index (χ3v) is 5.81. The van der Waals surface area contributed by atoms with Crippen molar-refractivity contribution >= 4 is 54.4 Å². The lowest BCUT2D eigenvalue weighted by Gasteiger charge is -2.04. The molecule has 0 aliphatic carbocycles. The second-order valence-electron chi connectivity index (χ2n) is 6.03. The molecule has 0 saturated heterocycles. The fourth-order valence-electron chi connectivity index (χ4n) is 2.90. The Hall–Kier alpha value is -2.55. The van der Waals surface area contributed by atoms with E-state index in [9.17, 15) is 9.59 Å². The molecule has 0 atom stereocenters. The van der Waals surface area contributed by atoms with Gasteiger partial charge >= 0.3 is 0 Å². The van der Waals surface area contributed by atoms with Gasteiger partial charge in [-0.05, 0) is 30.3 Å². The molecule has 6 nitrogen and oxygen atoms in total. The number of para-hydroxylation sites is 1. The number of nitrogens with zero attached hydrogens (tertiary/aromatic N) is 2. The summed E-state index contributed by atoms with van der Waals surface area (Å²) < 4.78 is 14.5. The Labute approximate surface area is 171 Å². The minimum absolute atomic E-state index is 0.0874. The number of carbonyl (C=O) groups is 1. The van der Waals surface area contributed by atoms with Crippen molar-refractivity contribution in [2.75, 3.05) is 13.7 Å². The van der Waals surface area contributed by atoms with E-state index >= 15 is 0 Å². The quantitative estimate of drug-likeness (QED) is 0.463. The van der Waals surface area contributed by atoms with Crippen LogP contribution in [0, 0.1) is 0 Å². The van der Waals surface area contributed by atoms with Gasteiger partial charge in [-0.3, -0.25) is 9.59 Å². The molecule has 0 bridgehead atoms. The van der Waals surface area contributed by atoms with Crippen molar-refractivity contribution < 1.29 is 13.9 Å². The van der Waals surface area contributed by atoms with Gasteiger partial charge in [0.25, 0.3) is 5.91 Å². The zero-order chi connectivity index (χ0) is 19.7. The monoisotopic (exact) mass is 458 g/mol. The summed E-state index contributed by atoms with van der Waals surface area (Å²) >= 11 is 4.84. The van der Waals surface area contributed by atoms with Gasteiger partial charge in [-0.15, -0.1) is 0 Å². The van der Waals surface area contributed by atoms with E-state index in [-0.39, 0.29) is 11.0 Å². The van der Waals surface area contributed by atoms with Gasteiger partial charge in [0.15, 0.2) is 4.80 Å². The third kappa shape index (κ3) is 3.46. The van der Waals surface area contributed by atoms with E-state index in [0.29, 0.717) is 28.9 Å². The minimum atomic E-state index is -0.628. The molecule has 8 heteroatoms. The number of benzene rings is 2. The summed E-state index contributed by atoms with van der Waals surface area (Å²) in [5.41, 5.74) is 0.909. The van der Waals surface area contributed by atoms with Crippen LogP contribution in [0.5, 0.6) is 0 Å². The Morgan fingerprint density at radius 3 is 2.93 bits per heavy atom. The number of carbonyl (C=O) groups excluding carboxylic acids is 1. The summed E-state index contributed by atoms with van der Waals surface area (Å²) in [4.78, 5) is 30.2. The average molecular weight is 459 g/mol. The molecule has 2 heterocycles. The molecule has 0 aliphatic heterocycles. The summed E-state index contributed by atoms with van der Waals surface area (Å²) in [6.45, 7) is 1.01. The maximum absolute atomic E-state index is 12.8. The predicted molar refractivity (Wildman–Crippen MR) is 112 cm³/mol. The Morgan fingerprint density at radius 1 is 1.29 bits per heavy atom. The first-order valence-electron chi connectivity index (χ1n) is 8.46. The molecule has 4 aromatic rings. The number of halogens is 1. The molecular weight excluding hydrogens is 444 g/mol. The molecule has 1 amide bonds. The van der Waals surface area contributed by atoms with Gasteiger partial charge in [-0.2, -0.15) is 4.99 Å². The molecule has 0 spiro atoms. The van der Waals surface area contributed by atoms with Gasteiger partial charge in [-0.1, -0.05) is 39.4 Å². The molecule has 142 valence electrons. The van der Waals surface area contributed by atoms with Gasteiger partial charge in [0, 0.05) is 18.1 Å². The summed E-state index contributed by atoms with van der Waals surface area (Å²) in [6.07, 6.45) is 1.18. The highest BCUT2D eigenvalue weighted by molar-refractivity contribution is 9.10. The predicted octanol–water partition coefficient (Wildman–Crippen LogP) is 3.96. The highest BCUT2D eigenvalue weighted by Crippen LogP contribution is 2.22. The lowest BCUT2D eigenvalue weighted by atomic mass is 10.2. The molecule has 2 aromatic heterocycles. The third-order valence-electron chi connectivity index (χ3n) is 4.27. The van der Waals surface area contributed by atoms with Crippen molar-refractivity contribution in [3.05, 3.63) is 73.8 Å². The molecule has 0 unspecified atom stereocenters. The number of thiazole rings is 1. The van der Waals surface area contributed by atoms with E-state index in [4.69, 9.17) is 9.15 Å². The first-order valence-corrected chi connectivity index (χ1v) is 10.1. The molecule has 0 saturated carbocycles. The van der Waals surface area contributed by atoms with Crippen LogP contribution >= 0.6 is 27.3 Å². The molecule has 2 aromatic carbocycles. The van der Waals surface area contributed by atoms with E-state index < -0.39 is 5.91 Å². The van der Waals surface area contributed by atoms with Gasteiger partial charge in [0.05, 0.1) is 22.2 Å². The van der Waals surface area contributed by atoms with Crippen LogP contribution in [0.1, 0.15) is 10.4 Å². The van der Waals surface area contributed by atoms with E-state index in [1.54, 1.807) is 31.4 Å². The summed E-state index contributed by atoms with van der Waals surface area (Å²) in [5.74, 6) is -0.628. The first-order chi connectivity index (χ1) is 13.6. The number of rotatable bonds is 4. The average Bonchev–Trinajstić information content (AvgIpc) is 3.02. The van der Waals surface area contributed by atoms with E-state index in [1.165, 1.54) is 17.6 Å². The van der Waals surface area contributed by atoms with Crippen molar-refractivity contribution in [3.63, 3.8) is 0 Å². The van der Waals surface area contributed by atoms with Crippen LogP contribution in [0.3, 0.4) is 0 Å². The summed E-state index contributed by atoms with van der Waals surface area (Å²) in [7, 11) is 1.62. The molecule has 28 heavy (non-hydrogen) atoms. The van der Waals surface area contributed by atoms with Gasteiger partial charge in [0.2, 0.25) is 5.43 Å². The largest absolute Gasteiger partial charge is 0.463 e. The standard InChI is InChI=1S/C20H15BrN2O4S/c1-26-9-8-23-15-7-6-12(21)10-17(15)28-20(23)22-19(25)14-11-27-16-5-3-2-4-13(16)18(14)24/h2-7,10-11H,8-9H2,1H3. The summed E-state index contributed by atoms with van der Waals surface area (Å²) in [6, 6.07) is 12.7. The zero-order valence-electron chi connectivity index (χ0n) is 14.8. The molecule has 0 radical (unpaired) electrons. The van der Waals surface area contributed by atoms with Gasteiger partial charge in [0.1, 0.15) is 17.4 Å². The first kappa shape index (κ1) is 18.8. The van der Waals surface area contributed by atoms with Crippen LogP contribution in [0.2, 0.25) is 0 Å². The molecular formula is C20H15BrN2O4S. The van der Waals surface area contributed by atoms with Crippen LogP contribution in [0.25, 0.3) is 21.2 Å². The van der Waals surface area contributed by atoms with E-state index in [2.05, 4.69) is 20.9 Å². The number of fused-ring (bicyclic) bond motifs is 2. The second kappa shape index (κ2) is 7.83. The normalized spacial score (nSPS) is 12.1. The number of amides is 1. The van der Waals surface area contributed by atoms with Crippen LogP contribution in [-0.4, -0.2) is 24.2 Å². The fourth-order valence-corrected chi connectivity index (χ4v) is 4.51. The number of hydrogen-bond donors (Lipinski definition) is 0. The maximum Gasteiger partial charge on any atom is 0.286 e. The fraction of sp³-hybridized carbons (Fsp3) is 0.150. The Morgan fingerprint density at radius 2 is 2.11 bits per heavy atom. The maximum atomic E-state index is 12.8. The Bertz CT molecular complexity index is 1320. The van der Waals surface area contributed by atoms with Crippen LogP contribution in [0.4, 0.5) is 0 Å². The highest BCUT2D eigenvalue weighted by atomic mass is 79.9. The van der Waals surface area contributed by atoms with Crippen molar-refractivity contribution in [2.45, 2.75) is 6.54 Å². The van der Waals surface area contributed by atoms with Crippen molar-refractivity contribution in [2.24, 2.45) is 4.99 Å². The van der Waals surface area contributed by atoms with E-state index in [0.717, 1.165) is 14.7 Å². The molecule has 4 rings (SSSR count). The topological polar surface area (TPSA) is 73.8 Å². The number of hydrogen-bond acceptors (Lipinski definition) is 5. The Kier molecular flexibility index (Phi) is 5.25. The smallest absolute Gasteiger partial charge is 0.286 e. The Balaban J connectivity index is 1.86. The van der Waals surface area contributed by atoms with Gasteiger partial charge in [-0.25, -0.2) is 0 Å². The number of ether oxygens (including phenoxy) is 1. The SMILES string of the molecule is COCCn1c(=NC(=O)c2coc3ccccc3c2=O)sc2cc(Br)ccc21. The van der Waals surface area contributed by atoms with Crippen molar-refractivity contribution in [3.8, 4) is 0 Å². The lowest BCUT2D eigenvalue weighted by molar-refractivity contribution is 0.0994. The number of methoxy groups -OCH3 is 1.